The van der Waals surface area contributed by atoms with Crippen molar-refractivity contribution in [3.63, 3.8) is 0 Å². The molecule has 6 heteroatoms. The summed E-state index contributed by atoms with van der Waals surface area (Å²) in [5, 5.41) is 11.0. The van der Waals surface area contributed by atoms with E-state index >= 15 is 0 Å². The zero-order chi connectivity index (χ0) is 15.3. The number of thiazole rings is 2. The fraction of sp³-hybridized carbons (Fsp3) is 0.0625. The summed E-state index contributed by atoms with van der Waals surface area (Å²) in [6, 6.07) is 11.1. The zero-order valence-corrected chi connectivity index (χ0v) is 13.2. The third kappa shape index (κ3) is 2.17. The third-order valence-electron chi connectivity index (χ3n) is 3.38. The van der Waals surface area contributed by atoms with Gasteiger partial charge >= 0.3 is 5.97 Å². The van der Waals surface area contributed by atoms with E-state index in [-0.39, 0.29) is 5.56 Å². The van der Waals surface area contributed by atoms with Gasteiger partial charge in [0.1, 0.15) is 5.01 Å². The largest absolute Gasteiger partial charge is 0.478 e. The number of carboxylic acid groups (broad SMARTS) is 1. The molecular weight excluding hydrogens is 316 g/mol. The van der Waals surface area contributed by atoms with Crippen molar-refractivity contribution in [2.45, 2.75) is 6.92 Å². The molecule has 0 saturated heterocycles. The second kappa shape index (κ2) is 4.86. The van der Waals surface area contributed by atoms with Crippen LogP contribution in [0.3, 0.4) is 0 Å². The van der Waals surface area contributed by atoms with Crippen LogP contribution in [0, 0.1) is 6.92 Å². The van der Waals surface area contributed by atoms with Crippen LogP contribution in [-0.2, 0) is 0 Å². The van der Waals surface area contributed by atoms with Crippen molar-refractivity contribution in [3.05, 3.63) is 47.0 Å². The van der Waals surface area contributed by atoms with E-state index in [1.54, 1.807) is 29.5 Å². The zero-order valence-electron chi connectivity index (χ0n) is 11.5. The van der Waals surface area contributed by atoms with Gasteiger partial charge in [-0.05, 0) is 43.3 Å². The van der Waals surface area contributed by atoms with Gasteiger partial charge in [-0.2, -0.15) is 0 Å². The molecule has 0 saturated carbocycles. The Kier molecular flexibility index (Phi) is 2.95. The fourth-order valence-corrected chi connectivity index (χ4v) is 4.22. The molecule has 0 amide bonds. The van der Waals surface area contributed by atoms with Crippen molar-refractivity contribution in [2.24, 2.45) is 0 Å². The van der Waals surface area contributed by atoms with E-state index < -0.39 is 5.97 Å². The van der Waals surface area contributed by atoms with E-state index in [0.717, 1.165) is 36.0 Å². The first-order chi connectivity index (χ1) is 10.6. The van der Waals surface area contributed by atoms with Crippen LogP contribution in [0.1, 0.15) is 15.4 Å². The average molecular weight is 326 g/mol. The van der Waals surface area contributed by atoms with Gasteiger partial charge in [0.25, 0.3) is 0 Å². The molecule has 0 radical (unpaired) electrons. The Labute approximate surface area is 133 Å². The number of carbonyl (C=O) groups is 1. The Bertz CT molecular complexity index is 1030. The minimum Gasteiger partial charge on any atom is -0.478 e. The van der Waals surface area contributed by atoms with Gasteiger partial charge in [-0.25, -0.2) is 14.8 Å². The van der Waals surface area contributed by atoms with Gasteiger partial charge in [-0.1, -0.05) is 0 Å². The summed E-state index contributed by atoms with van der Waals surface area (Å²) < 4.78 is 2.02. The van der Waals surface area contributed by atoms with E-state index in [0.29, 0.717) is 0 Å². The van der Waals surface area contributed by atoms with Crippen molar-refractivity contribution in [2.75, 3.05) is 0 Å². The Morgan fingerprint density at radius 3 is 2.55 bits per heavy atom. The highest BCUT2D eigenvalue weighted by molar-refractivity contribution is 7.21. The molecule has 0 aliphatic heterocycles. The van der Waals surface area contributed by atoms with Crippen LogP contribution in [0.2, 0.25) is 0 Å². The van der Waals surface area contributed by atoms with Gasteiger partial charge in [-0.3, -0.25) is 0 Å². The summed E-state index contributed by atoms with van der Waals surface area (Å²) >= 11 is 3.17. The molecule has 2 heterocycles. The number of aromatic nitrogens is 2. The smallest absolute Gasteiger partial charge is 0.335 e. The van der Waals surface area contributed by atoms with Crippen molar-refractivity contribution < 1.29 is 9.90 Å². The van der Waals surface area contributed by atoms with Gasteiger partial charge in [0, 0.05) is 5.56 Å². The highest BCUT2D eigenvalue weighted by atomic mass is 32.1. The number of benzene rings is 2. The normalized spacial score (nSPS) is 11.3. The first kappa shape index (κ1) is 13.4. The monoisotopic (exact) mass is 326 g/mol. The first-order valence-electron chi connectivity index (χ1n) is 6.61. The number of carboxylic acids is 1. The fourth-order valence-electron chi connectivity index (χ4n) is 2.35. The van der Waals surface area contributed by atoms with Crippen LogP contribution >= 0.6 is 22.7 Å². The van der Waals surface area contributed by atoms with Crippen molar-refractivity contribution >= 4 is 49.1 Å². The van der Waals surface area contributed by atoms with Gasteiger partial charge < -0.3 is 5.11 Å². The maximum absolute atomic E-state index is 11.0. The molecule has 4 aromatic rings. The molecule has 0 aliphatic rings. The van der Waals surface area contributed by atoms with Crippen LogP contribution < -0.4 is 0 Å². The summed E-state index contributed by atoms with van der Waals surface area (Å²) in [4.78, 5) is 20.1. The molecule has 4 nitrogen and oxygen atoms in total. The number of aromatic carboxylic acids is 1. The molecule has 2 aromatic heterocycles. The Balaban J connectivity index is 1.86. The van der Waals surface area contributed by atoms with E-state index in [4.69, 9.17) is 5.11 Å². The third-order valence-corrected chi connectivity index (χ3v) is 5.38. The Morgan fingerprint density at radius 2 is 1.73 bits per heavy atom. The predicted octanol–water partition coefficient (Wildman–Crippen LogP) is 4.58. The lowest BCUT2D eigenvalue weighted by Gasteiger charge is -1.95. The number of hydrogen-bond acceptors (Lipinski definition) is 5. The molecule has 0 unspecified atom stereocenters. The summed E-state index contributed by atoms with van der Waals surface area (Å²) in [6.45, 7) is 2.00. The maximum Gasteiger partial charge on any atom is 0.335 e. The minimum absolute atomic E-state index is 0.288. The predicted molar refractivity (Wildman–Crippen MR) is 89.9 cm³/mol. The van der Waals surface area contributed by atoms with Crippen LogP contribution in [0.4, 0.5) is 0 Å². The number of hydrogen-bond donors (Lipinski definition) is 1. The number of aryl methyl sites for hydroxylation is 1. The minimum atomic E-state index is -0.918. The molecule has 2 aromatic carbocycles. The molecule has 0 bridgehead atoms. The van der Waals surface area contributed by atoms with E-state index in [9.17, 15) is 4.79 Å². The standard InChI is InChI=1S/C16H10N2O2S2/c1-8-17-11-4-2-9(6-13(11)21-8)15-18-12-5-3-10(16(19)20)7-14(12)22-15/h2-7H,1H3,(H,19,20). The number of rotatable bonds is 2. The van der Waals surface area contributed by atoms with E-state index in [2.05, 4.69) is 16.0 Å². The SMILES string of the molecule is Cc1nc2ccc(-c3nc4ccc(C(=O)O)cc4s3)cc2s1. The molecule has 0 fully saturated rings. The Hall–Kier alpha value is -2.31. The number of nitrogens with zero attached hydrogens (tertiary/aromatic N) is 2. The lowest BCUT2D eigenvalue weighted by molar-refractivity contribution is 0.0697. The summed E-state index contributed by atoms with van der Waals surface area (Å²) in [5.41, 5.74) is 3.15. The van der Waals surface area contributed by atoms with E-state index in [1.807, 2.05) is 19.1 Å². The number of fused-ring (bicyclic) bond motifs is 2. The average Bonchev–Trinajstić information content (AvgIpc) is 3.07. The molecule has 108 valence electrons. The quantitative estimate of drug-likeness (QED) is 0.585. The molecule has 4 rings (SSSR count). The molecule has 0 atom stereocenters. The lowest BCUT2D eigenvalue weighted by atomic mass is 10.2. The highest BCUT2D eigenvalue weighted by Crippen LogP contribution is 2.33. The van der Waals surface area contributed by atoms with E-state index in [1.165, 1.54) is 11.3 Å². The summed E-state index contributed by atoms with van der Waals surface area (Å²) in [7, 11) is 0. The van der Waals surface area contributed by atoms with Gasteiger partial charge in [0.15, 0.2) is 0 Å². The summed E-state index contributed by atoms with van der Waals surface area (Å²) in [5.74, 6) is -0.918. The van der Waals surface area contributed by atoms with Crippen molar-refractivity contribution in [1.29, 1.82) is 0 Å². The van der Waals surface area contributed by atoms with Gasteiger partial charge in [0.05, 0.1) is 31.0 Å². The lowest BCUT2D eigenvalue weighted by Crippen LogP contribution is -1.94. The topological polar surface area (TPSA) is 63.1 Å². The van der Waals surface area contributed by atoms with Crippen LogP contribution in [0.25, 0.3) is 31.0 Å². The Morgan fingerprint density at radius 1 is 1.00 bits per heavy atom. The maximum atomic E-state index is 11.0. The van der Waals surface area contributed by atoms with Crippen molar-refractivity contribution in [3.8, 4) is 10.6 Å². The van der Waals surface area contributed by atoms with Crippen LogP contribution in [0.5, 0.6) is 0 Å². The molecule has 0 spiro atoms. The van der Waals surface area contributed by atoms with Crippen LogP contribution in [-0.4, -0.2) is 21.0 Å². The van der Waals surface area contributed by atoms with Crippen molar-refractivity contribution in [1.82, 2.24) is 9.97 Å². The molecular formula is C16H10N2O2S2. The highest BCUT2D eigenvalue weighted by Gasteiger charge is 2.11. The van der Waals surface area contributed by atoms with Gasteiger partial charge in [0.2, 0.25) is 0 Å². The molecule has 22 heavy (non-hydrogen) atoms. The first-order valence-corrected chi connectivity index (χ1v) is 8.25. The van der Waals surface area contributed by atoms with Crippen LogP contribution in [0.15, 0.2) is 36.4 Å². The molecule has 1 N–H and O–H groups in total. The second-order valence-electron chi connectivity index (χ2n) is 4.92. The van der Waals surface area contributed by atoms with Gasteiger partial charge in [-0.15, -0.1) is 22.7 Å². The summed E-state index contributed by atoms with van der Waals surface area (Å²) in [6.07, 6.45) is 0. The second-order valence-corrected chi connectivity index (χ2v) is 7.19. The molecule has 0 aliphatic carbocycles.